The molecule has 0 spiro atoms. The highest BCUT2D eigenvalue weighted by Gasteiger charge is 2.10. The van der Waals surface area contributed by atoms with Crippen LogP contribution in [0.2, 0.25) is 0 Å². The van der Waals surface area contributed by atoms with E-state index in [2.05, 4.69) is 29.4 Å². The first kappa shape index (κ1) is 14.3. The van der Waals surface area contributed by atoms with Crippen LogP contribution >= 0.6 is 0 Å². The Kier molecular flexibility index (Phi) is 4.15. The lowest BCUT2D eigenvalue weighted by atomic mass is 10.0. The molecule has 1 heterocycles. The van der Waals surface area contributed by atoms with Gasteiger partial charge in [0.05, 0.1) is 5.52 Å². The average molecular weight is 290 g/mol. The van der Waals surface area contributed by atoms with Crippen molar-refractivity contribution in [3.8, 4) is 0 Å². The van der Waals surface area contributed by atoms with E-state index in [0.717, 1.165) is 10.9 Å². The number of carbonyl (C=O) groups is 1. The van der Waals surface area contributed by atoms with Crippen LogP contribution in [0.15, 0.2) is 66.7 Å². The number of rotatable bonds is 4. The fourth-order valence-corrected chi connectivity index (χ4v) is 2.43. The monoisotopic (exact) mass is 290 g/mol. The third-order valence-electron chi connectivity index (χ3n) is 3.77. The van der Waals surface area contributed by atoms with Gasteiger partial charge in [-0.05, 0) is 23.6 Å². The maximum Gasteiger partial charge on any atom is 0.269 e. The summed E-state index contributed by atoms with van der Waals surface area (Å²) < 4.78 is 0. The van der Waals surface area contributed by atoms with Gasteiger partial charge in [0.2, 0.25) is 0 Å². The summed E-state index contributed by atoms with van der Waals surface area (Å²) in [6, 6.07) is 21.7. The second kappa shape index (κ2) is 6.39. The van der Waals surface area contributed by atoms with Gasteiger partial charge in [-0.15, -0.1) is 0 Å². The molecular formula is C19H18N2O. The normalized spacial score (nSPS) is 12.0. The van der Waals surface area contributed by atoms with Gasteiger partial charge < -0.3 is 5.32 Å². The first-order chi connectivity index (χ1) is 10.7. The standard InChI is InChI=1S/C19H18N2O/c1-14(15-7-3-2-4-8-15)13-20-19(22)18-12-11-16-9-5-6-10-17(16)21-18/h2-12,14H,13H2,1H3,(H,20,22). The summed E-state index contributed by atoms with van der Waals surface area (Å²) in [6.45, 7) is 2.70. The number of para-hydroxylation sites is 1. The Hall–Kier alpha value is -2.68. The minimum absolute atomic E-state index is 0.131. The Bertz CT molecular complexity index is 784. The lowest BCUT2D eigenvalue weighted by Gasteiger charge is -2.13. The van der Waals surface area contributed by atoms with E-state index >= 15 is 0 Å². The molecule has 3 rings (SSSR count). The van der Waals surface area contributed by atoms with E-state index in [9.17, 15) is 4.79 Å². The van der Waals surface area contributed by atoms with Crippen LogP contribution in [0.3, 0.4) is 0 Å². The number of aromatic nitrogens is 1. The highest BCUT2D eigenvalue weighted by atomic mass is 16.1. The molecule has 0 radical (unpaired) electrons. The lowest BCUT2D eigenvalue weighted by Crippen LogP contribution is -2.28. The van der Waals surface area contributed by atoms with Crippen molar-refractivity contribution in [3.05, 3.63) is 78.0 Å². The highest BCUT2D eigenvalue weighted by molar-refractivity contribution is 5.94. The molecule has 1 amide bonds. The molecule has 22 heavy (non-hydrogen) atoms. The Morgan fingerprint density at radius 2 is 1.73 bits per heavy atom. The van der Waals surface area contributed by atoms with Gasteiger partial charge >= 0.3 is 0 Å². The van der Waals surface area contributed by atoms with Gasteiger partial charge in [0.1, 0.15) is 5.69 Å². The van der Waals surface area contributed by atoms with Crippen LogP contribution in [-0.2, 0) is 0 Å². The van der Waals surface area contributed by atoms with E-state index in [0.29, 0.717) is 12.2 Å². The molecule has 1 atom stereocenters. The molecule has 0 saturated carbocycles. The zero-order valence-corrected chi connectivity index (χ0v) is 12.5. The van der Waals surface area contributed by atoms with Crippen LogP contribution in [0.5, 0.6) is 0 Å². The summed E-state index contributed by atoms with van der Waals surface area (Å²) in [6.07, 6.45) is 0. The zero-order chi connectivity index (χ0) is 15.4. The summed E-state index contributed by atoms with van der Waals surface area (Å²) in [7, 11) is 0. The van der Waals surface area contributed by atoms with Crippen molar-refractivity contribution in [2.45, 2.75) is 12.8 Å². The van der Waals surface area contributed by atoms with Crippen molar-refractivity contribution < 1.29 is 4.79 Å². The number of benzene rings is 2. The molecule has 0 bridgehead atoms. The quantitative estimate of drug-likeness (QED) is 0.794. The second-order valence-corrected chi connectivity index (χ2v) is 5.41. The third kappa shape index (κ3) is 3.14. The summed E-state index contributed by atoms with van der Waals surface area (Å²) in [4.78, 5) is 16.7. The number of hydrogen-bond acceptors (Lipinski definition) is 2. The van der Waals surface area contributed by atoms with E-state index in [4.69, 9.17) is 0 Å². The molecule has 0 aliphatic heterocycles. The maximum atomic E-state index is 12.3. The minimum Gasteiger partial charge on any atom is -0.350 e. The predicted molar refractivity (Wildman–Crippen MR) is 88.9 cm³/mol. The van der Waals surface area contributed by atoms with E-state index in [1.165, 1.54) is 5.56 Å². The summed E-state index contributed by atoms with van der Waals surface area (Å²) in [5.41, 5.74) is 2.51. The van der Waals surface area contributed by atoms with Crippen molar-refractivity contribution in [2.24, 2.45) is 0 Å². The molecule has 1 aromatic heterocycles. The molecule has 0 fully saturated rings. The molecule has 110 valence electrons. The fraction of sp³-hybridized carbons (Fsp3) is 0.158. The number of nitrogens with zero attached hydrogens (tertiary/aromatic N) is 1. The van der Waals surface area contributed by atoms with Gasteiger partial charge in [0.15, 0.2) is 0 Å². The first-order valence-corrected chi connectivity index (χ1v) is 7.43. The number of pyridine rings is 1. The van der Waals surface area contributed by atoms with Crippen molar-refractivity contribution in [3.63, 3.8) is 0 Å². The van der Waals surface area contributed by atoms with Gasteiger partial charge in [0.25, 0.3) is 5.91 Å². The summed E-state index contributed by atoms with van der Waals surface area (Å²) in [5.74, 6) is 0.138. The fourth-order valence-electron chi connectivity index (χ4n) is 2.43. The molecule has 2 aromatic carbocycles. The summed E-state index contributed by atoms with van der Waals surface area (Å²) >= 11 is 0. The zero-order valence-electron chi connectivity index (χ0n) is 12.5. The van der Waals surface area contributed by atoms with E-state index < -0.39 is 0 Å². The number of carbonyl (C=O) groups excluding carboxylic acids is 1. The highest BCUT2D eigenvalue weighted by Crippen LogP contribution is 2.14. The SMILES string of the molecule is CC(CNC(=O)c1ccc2ccccc2n1)c1ccccc1. The van der Waals surface area contributed by atoms with Gasteiger partial charge in [-0.25, -0.2) is 4.98 Å². The lowest BCUT2D eigenvalue weighted by molar-refractivity contribution is 0.0947. The number of hydrogen-bond donors (Lipinski definition) is 1. The molecular weight excluding hydrogens is 272 g/mol. The second-order valence-electron chi connectivity index (χ2n) is 5.41. The smallest absolute Gasteiger partial charge is 0.269 e. The molecule has 3 aromatic rings. The Balaban J connectivity index is 1.68. The molecule has 0 aliphatic carbocycles. The van der Waals surface area contributed by atoms with Gasteiger partial charge in [-0.2, -0.15) is 0 Å². The van der Waals surface area contributed by atoms with Crippen LogP contribution in [0.4, 0.5) is 0 Å². The number of fused-ring (bicyclic) bond motifs is 1. The van der Waals surface area contributed by atoms with E-state index in [-0.39, 0.29) is 11.8 Å². The summed E-state index contributed by atoms with van der Waals surface area (Å²) in [5, 5.41) is 4.00. The topological polar surface area (TPSA) is 42.0 Å². The van der Waals surface area contributed by atoms with Crippen LogP contribution < -0.4 is 5.32 Å². The predicted octanol–water partition coefficient (Wildman–Crippen LogP) is 3.77. The first-order valence-electron chi connectivity index (χ1n) is 7.43. The third-order valence-corrected chi connectivity index (χ3v) is 3.77. The Morgan fingerprint density at radius 1 is 1.00 bits per heavy atom. The van der Waals surface area contributed by atoms with Crippen LogP contribution in [-0.4, -0.2) is 17.4 Å². The Labute approximate surface area is 130 Å². The van der Waals surface area contributed by atoms with Gasteiger partial charge in [-0.3, -0.25) is 4.79 Å². The average Bonchev–Trinajstić information content (AvgIpc) is 2.59. The molecule has 3 heteroatoms. The van der Waals surface area contributed by atoms with Crippen molar-refractivity contribution in [1.29, 1.82) is 0 Å². The maximum absolute atomic E-state index is 12.3. The van der Waals surface area contributed by atoms with E-state index in [1.54, 1.807) is 6.07 Å². The minimum atomic E-state index is -0.131. The van der Waals surface area contributed by atoms with Crippen LogP contribution in [0.1, 0.15) is 28.9 Å². The molecule has 3 nitrogen and oxygen atoms in total. The molecule has 0 saturated heterocycles. The number of nitrogens with one attached hydrogen (secondary N) is 1. The molecule has 0 aliphatic rings. The van der Waals surface area contributed by atoms with E-state index in [1.807, 2.05) is 48.5 Å². The van der Waals surface area contributed by atoms with Crippen molar-refractivity contribution >= 4 is 16.8 Å². The Morgan fingerprint density at radius 3 is 2.55 bits per heavy atom. The van der Waals surface area contributed by atoms with Crippen LogP contribution in [0.25, 0.3) is 10.9 Å². The molecule has 1 unspecified atom stereocenters. The van der Waals surface area contributed by atoms with Gasteiger partial charge in [-0.1, -0.05) is 61.5 Å². The van der Waals surface area contributed by atoms with Crippen molar-refractivity contribution in [1.82, 2.24) is 10.3 Å². The van der Waals surface area contributed by atoms with Gasteiger partial charge in [0, 0.05) is 11.9 Å². The largest absolute Gasteiger partial charge is 0.350 e. The van der Waals surface area contributed by atoms with Crippen molar-refractivity contribution in [2.75, 3.05) is 6.54 Å². The van der Waals surface area contributed by atoms with Crippen LogP contribution in [0, 0.1) is 0 Å². The number of amides is 1. The molecule has 1 N–H and O–H groups in total.